The van der Waals surface area contributed by atoms with Gasteiger partial charge in [0, 0.05) is 0 Å². The van der Waals surface area contributed by atoms with Crippen molar-refractivity contribution in [2.75, 3.05) is 0 Å². The molecule has 0 bridgehead atoms. The average Bonchev–Trinajstić information content (AvgIpc) is 1.80. The minimum Gasteiger partial charge on any atom is -0.323 e. The van der Waals surface area contributed by atoms with Crippen LogP contribution in [0.15, 0.2) is 0 Å². The molecule has 76 valence electrons. The van der Waals surface area contributed by atoms with E-state index in [1.807, 2.05) is 0 Å². The van der Waals surface area contributed by atoms with Crippen LogP contribution in [0.4, 0.5) is 0 Å². The van der Waals surface area contributed by atoms with Gasteiger partial charge in [-0.05, 0) is 13.8 Å². The van der Waals surface area contributed by atoms with Crippen LogP contribution in [0.25, 0.3) is 0 Å². The molecule has 0 heterocycles. The summed E-state index contributed by atoms with van der Waals surface area (Å²) in [5.74, 6) is 0. The summed E-state index contributed by atoms with van der Waals surface area (Å²) >= 11 is 0. The van der Waals surface area contributed by atoms with E-state index in [0.717, 1.165) is 0 Å². The summed E-state index contributed by atoms with van der Waals surface area (Å²) in [5.41, 5.74) is 0. The molecular formula is C4H8N2O7. The van der Waals surface area contributed by atoms with Crippen molar-refractivity contribution >= 4 is 0 Å². The third kappa shape index (κ3) is 6.75. The second-order valence-corrected chi connectivity index (χ2v) is 1.93. The molecule has 0 amide bonds. The minimum absolute atomic E-state index is 1.07. The lowest BCUT2D eigenvalue weighted by Crippen LogP contribution is -2.25. The van der Waals surface area contributed by atoms with Crippen molar-refractivity contribution in [2.24, 2.45) is 0 Å². The van der Waals surface area contributed by atoms with Crippen molar-refractivity contribution in [1.29, 1.82) is 0 Å². The second-order valence-electron chi connectivity index (χ2n) is 1.93. The smallest absolute Gasteiger partial charge is 0.297 e. The molecule has 0 aliphatic rings. The molecule has 0 aromatic heterocycles. The molecule has 0 aliphatic carbocycles. The topological polar surface area (TPSA) is 114 Å². The number of nitrogens with zero attached hydrogens (tertiary/aromatic N) is 2. The maximum Gasteiger partial charge on any atom is 0.297 e. The summed E-state index contributed by atoms with van der Waals surface area (Å²) in [5, 5.41) is 17.4. The molecule has 9 heteroatoms. The van der Waals surface area contributed by atoms with Gasteiger partial charge in [-0.3, -0.25) is 9.68 Å². The third-order valence-corrected chi connectivity index (χ3v) is 0.852. The molecule has 9 nitrogen and oxygen atoms in total. The Morgan fingerprint density at radius 3 is 1.54 bits per heavy atom. The summed E-state index contributed by atoms with van der Waals surface area (Å²) in [6, 6.07) is 0. The molecule has 0 radical (unpaired) electrons. The molecule has 0 N–H and O–H groups in total. The second kappa shape index (κ2) is 5.09. The predicted octanol–water partition coefficient (Wildman–Crippen LogP) is 0.112. The standard InChI is InChI=1S/C4H8N2O7/c1-3(12-5(7)8)11-4(2)13-6(9)10/h3-4H,1-2H3. The largest absolute Gasteiger partial charge is 0.323 e. The van der Waals surface area contributed by atoms with Crippen LogP contribution < -0.4 is 0 Å². The van der Waals surface area contributed by atoms with Crippen LogP contribution in [-0.2, 0) is 14.4 Å². The van der Waals surface area contributed by atoms with Gasteiger partial charge in [-0.2, -0.15) is 0 Å². The Morgan fingerprint density at radius 2 is 1.31 bits per heavy atom. The fraction of sp³-hybridized carbons (Fsp3) is 1.00. The Labute approximate surface area is 72.4 Å². The molecule has 0 saturated carbocycles. The van der Waals surface area contributed by atoms with E-state index in [1.54, 1.807) is 0 Å². The van der Waals surface area contributed by atoms with Crippen molar-refractivity contribution < 1.29 is 24.6 Å². The molecule has 0 aromatic rings. The maximum absolute atomic E-state index is 9.74. The number of hydrogen-bond acceptors (Lipinski definition) is 7. The van der Waals surface area contributed by atoms with E-state index in [2.05, 4.69) is 14.4 Å². The number of hydrogen-bond donors (Lipinski definition) is 0. The van der Waals surface area contributed by atoms with Gasteiger partial charge in [-0.25, -0.2) is 0 Å². The van der Waals surface area contributed by atoms with E-state index >= 15 is 0 Å². The van der Waals surface area contributed by atoms with Gasteiger partial charge in [0.25, 0.3) is 10.2 Å². The molecular weight excluding hydrogens is 188 g/mol. The van der Waals surface area contributed by atoms with E-state index in [-0.39, 0.29) is 0 Å². The van der Waals surface area contributed by atoms with Crippen molar-refractivity contribution in [1.82, 2.24) is 0 Å². The first-order valence-electron chi connectivity index (χ1n) is 3.19. The summed E-state index contributed by atoms with van der Waals surface area (Å²) in [6.45, 7) is 2.42. The van der Waals surface area contributed by atoms with E-state index in [9.17, 15) is 20.2 Å². The van der Waals surface area contributed by atoms with Gasteiger partial charge < -0.3 is 4.74 Å². The zero-order valence-corrected chi connectivity index (χ0v) is 6.91. The summed E-state index contributed by atoms with van der Waals surface area (Å²) in [6.07, 6.45) is -2.44. The van der Waals surface area contributed by atoms with Crippen molar-refractivity contribution in [3.05, 3.63) is 20.2 Å². The van der Waals surface area contributed by atoms with E-state index in [1.165, 1.54) is 13.8 Å². The SMILES string of the molecule is CC(OC(C)O[N+](=O)[O-])O[N+](=O)[O-]. The molecule has 0 aromatic carbocycles. The molecule has 0 spiro atoms. The molecule has 2 atom stereocenters. The first-order chi connectivity index (χ1) is 5.91. The molecule has 2 unspecified atom stereocenters. The van der Waals surface area contributed by atoms with E-state index in [4.69, 9.17) is 0 Å². The molecule has 13 heavy (non-hydrogen) atoms. The van der Waals surface area contributed by atoms with Crippen LogP contribution in [0.1, 0.15) is 13.8 Å². The van der Waals surface area contributed by atoms with Crippen LogP contribution in [0.5, 0.6) is 0 Å². The molecule has 0 saturated heterocycles. The maximum atomic E-state index is 9.74. The van der Waals surface area contributed by atoms with Gasteiger partial charge in [-0.1, -0.05) is 0 Å². The van der Waals surface area contributed by atoms with Crippen LogP contribution in [0, 0.1) is 20.2 Å². The lowest BCUT2D eigenvalue weighted by molar-refractivity contribution is -0.800. The first kappa shape index (κ1) is 11.4. The van der Waals surface area contributed by atoms with Gasteiger partial charge >= 0.3 is 0 Å². The zero-order chi connectivity index (χ0) is 10.4. The normalized spacial score (nSPS) is 14.3. The zero-order valence-electron chi connectivity index (χ0n) is 6.91. The van der Waals surface area contributed by atoms with Gasteiger partial charge in [0.05, 0.1) is 0 Å². The third-order valence-electron chi connectivity index (χ3n) is 0.852. The predicted molar refractivity (Wildman–Crippen MR) is 36.2 cm³/mol. The highest BCUT2D eigenvalue weighted by Gasteiger charge is 2.14. The summed E-state index contributed by atoms with van der Waals surface area (Å²) < 4.78 is 4.54. The monoisotopic (exact) mass is 196 g/mol. The number of ether oxygens (including phenoxy) is 1. The highest BCUT2D eigenvalue weighted by Crippen LogP contribution is 2.01. The van der Waals surface area contributed by atoms with Crippen molar-refractivity contribution in [2.45, 2.75) is 26.4 Å². The highest BCUT2D eigenvalue weighted by atomic mass is 17.0. The minimum atomic E-state index is -1.22. The first-order valence-corrected chi connectivity index (χ1v) is 3.19. The fourth-order valence-electron chi connectivity index (χ4n) is 0.562. The van der Waals surface area contributed by atoms with E-state index in [0.29, 0.717) is 0 Å². The number of rotatable bonds is 6. The van der Waals surface area contributed by atoms with Gasteiger partial charge in [0.2, 0.25) is 12.6 Å². The Balaban J connectivity index is 3.70. The average molecular weight is 196 g/mol. The quantitative estimate of drug-likeness (QED) is 0.336. The highest BCUT2D eigenvalue weighted by molar-refractivity contribution is 4.29. The van der Waals surface area contributed by atoms with Crippen LogP contribution in [0.2, 0.25) is 0 Å². The van der Waals surface area contributed by atoms with Gasteiger partial charge in [0.1, 0.15) is 0 Å². The molecule has 0 rings (SSSR count). The van der Waals surface area contributed by atoms with Crippen LogP contribution in [-0.4, -0.2) is 22.8 Å². The lowest BCUT2D eigenvalue weighted by atomic mass is 10.7. The Bertz CT molecular complexity index is 175. The van der Waals surface area contributed by atoms with E-state index < -0.39 is 22.8 Å². The van der Waals surface area contributed by atoms with Gasteiger partial charge in [-0.15, -0.1) is 20.2 Å². The van der Waals surface area contributed by atoms with Crippen LogP contribution >= 0.6 is 0 Å². The molecule has 0 fully saturated rings. The Kier molecular flexibility index (Phi) is 4.44. The summed E-state index contributed by atoms with van der Waals surface area (Å²) in [7, 11) is 0. The van der Waals surface area contributed by atoms with Crippen molar-refractivity contribution in [3.63, 3.8) is 0 Å². The Morgan fingerprint density at radius 1 is 1.00 bits per heavy atom. The summed E-state index contributed by atoms with van der Waals surface area (Å²) in [4.78, 5) is 27.3. The Hall–Kier alpha value is -1.64. The lowest BCUT2D eigenvalue weighted by Gasteiger charge is -2.14. The van der Waals surface area contributed by atoms with Gasteiger partial charge in [0.15, 0.2) is 0 Å². The molecule has 0 aliphatic heterocycles. The van der Waals surface area contributed by atoms with Crippen LogP contribution in [0.3, 0.4) is 0 Å². The van der Waals surface area contributed by atoms with Crippen molar-refractivity contribution in [3.8, 4) is 0 Å². The fourth-order valence-corrected chi connectivity index (χ4v) is 0.562.